The van der Waals surface area contributed by atoms with E-state index in [0.717, 1.165) is 17.1 Å². The molecule has 0 bridgehead atoms. The average molecular weight is 574 g/mol. The van der Waals surface area contributed by atoms with Crippen LogP contribution in [-0.2, 0) is 16.2 Å². The predicted molar refractivity (Wildman–Crippen MR) is 126 cm³/mol. The third-order valence-electron chi connectivity index (χ3n) is 6.67. The Hall–Kier alpha value is -3.62. The first-order valence-electron chi connectivity index (χ1n) is 11.9. The van der Waals surface area contributed by atoms with Crippen LogP contribution in [-0.4, -0.2) is 49.5 Å². The first-order valence-corrected chi connectivity index (χ1v) is 12.8. The Labute approximate surface area is 221 Å². The second-order valence-electron chi connectivity index (χ2n) is 9.11. The van der Waals surface area contributed by atoms with Gasteiger partial charge >= 0.3 is 0 Å². The van der Waals surface area contributed by atoms with Crippen LogP contribution in [0.5, 0.6) is 5.75 Å². The minimum absolute atomic E-state index is 0.000702. The molecule has 0 saturated carbocycles. The van der Waals surface area contributed by atoms with E-state index in [1.165, 1.54) is 16.2 Å². The maximum Gasteiger partial charge on any atom is 0.282 e. The second kappa shape index (κ2) is 10.9. The van der Waals surface area contributed by atoms with E-state index >= 15 is 0 Å². The summed E-state index contributed by atoms with van der Waals surface area (Å²) in [7, 11) is 0. The second-order valence-corrected chi connectivity index (χ2v) is 10.00. The summed E-state index contributed by atoms with van der Waals surface area (Å²) in [4.78, 5) is 24.0. The van der Waals surface area contributed by atoms with Crippen LogP contribution in [0.15, 0.2) is 28.7 Å². The molecule has 15 heteroatoms. The van der Waals surface area contributed by atoms with Crippen molar-refractivity contribution in [2.45, 2.75) is 50.7 Å². The molecule has 2 aliphatic rings. The van der Waals surface area contributed by atoms with E-state index in [9.17, 15) is 36.2 Å². The standard InChI is InChI=1S/C24H21F6N5O3S/c25-12-1-2-17(36)21(26)20(12)18-8-13(33-38-18)15-10-39-24(31-15)11-3-5-34(6-4-11)19(37)9-35-16(23(29)30)7-14(32-35)22(27)28/h1-2,7,10-11,18,22-23,36H,3-6,8-9H2. The highest BCUT2D eigenvalue weighted by Gasteiger charge is 2.33. The van der Waals surface area contributed by atoms with E-state index < -0.39 is 65.7 Å². The lowest BCUT2D eigenvalue weighted by Crippen LogP contribution is -2.40. The smallest absolute Gasteiger partial charge is 0.282 e. The zero-order valence-electron chi connectivity index (χ0n) is 20.0. The van der Waals surface area contributed by atoms with Gasteiger partial charge in [-0.15, -0.1) is 11.3 Å². The zero-order valence-corrected chi connectivity index (χ0v) is 20.9. The summed E-state index contributed by atoms with van der Waals surface area (Å²) in [6.45, 7) is 0.0565. The lowest BCUT2D eigenvalue weighted by Gasteiger charge is -2.31. The molecule has 5 rings (SSSR count). The number of amides is 1. The summed E-state index contributed by atoms with van der Waals surface area (Å²) in [5.74, 6) is -3.17. The molecule has 0 aliphatic carbocycles. The van der Waals surface area contributed by atoms with Gasteiger partial charge in [0.1, 0.15) is 29.5 Å². The first-order chi connectivity index (χ1) is 18.6. The highest BCUT2D eigenvalue weighted by atomic mass is 32.1. The Bertz CT molecular complexity index is 1400. The van der Waals surface area contributed by atoms with Gasteiger partial charge in [-0.3, -0.25) is 9.48 Å². The van der Waals surface area contributed by atoms with E-state index in [1.807, 2.05) is 0 Å². The number of thiazole rings is 1. The molecule has 4 heterocycles. The van der Waals surface area contributed by atoms with Crippen LogP contribution < -0.4 is 0 Å². The molecule has 2 aliphatic heterocycles. The average Bonchev–Trinajstić information content (AvgIpc) is 3.66. The molecule has 1 fully saturated rings. The minimum atomic E-state index is -3.05. The number of oxime groups is 1. The van der Waals surface area contributed by atoms with E-state index in [1.54, 1.807) is 5.38 Å². The Morgan fingerprint density at radius 3 is 2.59 bits per heavy atom. The number of hydrogen-bond acceptors (Lipinski definition) is 7. The number of carbonyl (C=O) groups is 1. The maximum absolute atomic E-state index is 14.3. The van der Waals surface area contributed by atoms with E-state index in [2.05, 4.69) is 15.2 Å². The summed E-state index contributed by atoms with van der Waals surface area (Å²) < 4.78 is 81.3. The van der Waals surface area contributed by atoms with Gasteiger partial charge in [-0.2, -0.15) is 5.10 Å². The van der Waals surface area contributed by atoms with E-state index in [4.69, 9.17) is 4.84 Å². The molecule has 1 aromatic carbocycles. The van der Waals surface area contributed by atoms with Crippen LogP contribution in [0.1, 0.15) is 71.8 Å². The van der Waals surface area contributed by atoms with E-state index in [0.29, 0.717) is 48.1 Å². The predicted octanol–water partition coefficient (Wildman–Crippen LogP) is 5.47. The van der Waals surface area contributed by atoms with Crippen molar-refractivity contribution < 1.29 is 41.1 Å². The van der Waals surface area contributed by atoms with Gasteiger partial charge in [0.25, 0.3) is 12.9 Å². The number of alkyl halides is 4. The van der Waals surface area contributed by atoms with Gasteiger partial charge in [-0.1, -0.05) is 5.16 Å². The van der Waals surface area contributed by atoms with Crippen molar-refractivity contribution in [1.29, 1.82) is 0 Å². The largest absolute Gasteiger partial charge is 0.505 e. The minimum Gasteiger partial charge on any atom is -0.505 e. The Kier molecular flexibility index (Phi) is 7.51. The Balaban J connectivity index is 1.18. The number of phenols is 1. The number of phenolic OH excluding ortho intramolecular Hbond substituents is 1. The third-order valence-corrected chi connectivity index (χ3v) is 7.68. The van der Waals surface area contributed by atoms with Crippen molar-refractivity contribution >= 4 is 23.0 Å². The number of benzene rings is 1. The highest BCUT2D eigenvalue weighted by molar-refractivity contribution is 7.10. The van der Waals surface area contributed by atoms with Crippen LogP contribution in [0, 0.1) is 11.6 Å². The molecule has 1 unspecified atom stereocenters. The number of aromatic nitrogens is 3. The van der Waals surface area contributed by atoms with Gasteiger partial charge < -0.3 is 14.8 Å². The number of nitrogens with zero attached hydrogens (tertiary/aromatic N) is 5. The maximum atomic E-state index is 14.3. The number of likely N-dealkylation sites (tertiary alicyclic amines) is 1. The number of aromatic hydroxyl groups is 1. The van der Waals surface area contributed by atoms with Gasteiger partial charge in [0.15, 0.2) is 17.7 Å². The molecule has 8 nitrogen and oxygen atoms in total. The molecule has 1 atom stereocenters. The van der Waals surface area contributed by atoms with Crippen LogP contribution in [0.3, 0.4) is 0 Å². The number of piperidine rings is 1. The quantitative estimate of drug-likeness (QED) is 0.379. The topological polar surface area (TPSA) is 92.8 Å². The lowest BCUT2D eigenvalue weighted by atomic mass is 9.97. The van der Waals surface area contributed by atoms with Gasteiger partial charge in [0.05, 0.1) is 16.3 Å². The molecule has 0 radical (unpaired) electrons. The normalized spacial score (nSPS) is 18.2. The van der Waals surface area contributed by atoms with Crippen molar-refractivity contribution in [2.24, 2.45) is 5.16 Å². The first kappa shape index (κ1) is 27.0. The van der Waals surface area contributed by atoms with E-state index in [-0.39, 0.29) is 12.3 Å². The molecule has 1 saturated heterocycles. The molecular weight excluding hydrogens is 552 g/mol. The van der Waals surface area contributed by atoms with Gasteiger partial charge in [0.2, 0.25) is 5.91 Å². The number of hydrogen-bond donors (Lipinski definition) is 1. The summed E-state index contributed by atoms with van der Waals surface area (Å²) in [6, 6.07) is 2.46. The molecule has 2 aromatic heterocycles. The number of halogens is 6. The molecular formula is C24H21F6N5O3S. The summed E-state index contributed by atoms with van der Waals surface area (Å²) in [5.41, 5.74) is -1.07. The molecule has 1 amide bonds. The van der Waals surface area contributed by atoms with Crippen LogP contribution in [0.25, 0.3) is 0 Å². The molecule has 208 valence electrons. The van der Waals surface area contributed by atoms with Crippen molar-refractivity contribution in [2.75, 3.05) is 13.1 Å². The molecule has 39 heavy (non-hydrogen) atoms. The van der Waals surface area contributed by atoms with Crippen molar-refractivity contribution in [3.63, 3.8) is 0 Å². The Morgan fingerprint density at radius 1 is 1.15 bits per heavy atom. The van der Waals surface area contributed by atoms with Crippen molar-refractivity contribution in [1.82, 2.24) is 19.7 Å². The fourth-order valence-corrected chi connectivity index (χ4v) is 5.61. The molecule has 3 aromatic rings. The van der Waals surface area contributed by atoms with Crippen LogP contribution in [0.4, 0.5) is 26.3 Å². The SMILES string of the molecule is O=C(Cn1nc(C(F)F)cc1C(F)F)N1CCC(c2nc(C3=NOC(c4c(F)ccc(O)c4F)C3)cs2)CC1. The zero-order chi connectivity index (χ0) is 27.8. The Morgan fingerprint density at radius 2 is 1.90 bits per heavy atom. The number of rotatable bonds is 7. The van der Waals surface area contributed by atoms with Crippen molar-refractivity contribution in [3.8, 4) is 5.75 Å². The third kappa shape index (κ3) is 5.44. The van der Waals surface area contributed by atoms with Crippen LogP contribution >= 0.6 is 11.3 Å². The highest BCUT2D eigenvalue weighted by Crippen LogP contribution is 2.37. The van der Waals surface area contributed by atoms with Gasteiger partial charge in [-0.05, 0) is 31.0 Å². The monoisotopic (exact) mass is 573 g/mol. The molecule has 0 spiro atoms. The fraction of sp³-hybridized carbons (Fsp3) is 0.417. The summed E-state index contributed by atoms with van der Waals surface area (Å²) >= 11 is 1.36. The summed E-state index contributed by atoms with van der Waals surface area (Å²) in [5, 5.41) is 19.5. The molecule has 1 N–H and O–H groups in total. The van der Waals surface area contributed by atoms with Gasteiger partial charge in [0, 0.05) is 30.8 Å². The van der Waals surface area contributed by atoms with Crippen molar-refractivity contribution in [3.05, 3.63) is 62.9 Å². The summed E-state index contributed by atoms with van der Waals surface area (Å²) in [6.07, 6.45) is -6.01. The lowest BCUT2D eigenvalue weighted by molar-refractivity contribution is -0.133. The number of carbonyl (C=O) groups excluding carboxylic acids is 1. The van der Waals surface area contributed by atoms with Gasteiger partial charge in [-0.25, -0.2) is 31.3 Å². The fourth-order valence-electron chi connectivity index (χ4n) is 4.61. The van der Waals surface area contributed by atoms with Crippen LogP contribution in [0.2, 0.25) is 0 Å².